The number of aliphatic hydroxyl groups is 1. The van der Waals surface area contributed by atoms with Crippen LogP contribution in [0.4, 0.5) is 11.4 Å². The second-order valence-corrected chi connectivity index (χ2v) is 13.2. The highest BCUT2D eigenvalue weighted by atomic mass is 32.2. The molecule has 1 N–H and O–H groups in total. The zero-order valence-electron chi connectivity index (χ0n) is 24.8. The normalized spacial score (nSPS) is 27.1. The van der Waals surface area contributed by atoms with Crippen LogP contribution in [0.25, 0.3) is 0 Å². The first-order valence-electron chi connectivity index (χ1n) is 14.8. The lowest BCUT2D eigenvalue weighted by atomic mass is 9.71. The number of esters is 1. The van der Waals surface area contributed by atoms with Gasteiger partial charge >= 0.3 is 5.97 Å². The van der Waals surface area contributed by atoms with Gasteiger partial charge in [-0.3, -0.25) is 14.4 Å². The summed E-state index contributed by atoms with van der Waals surface area (Å²) in [4.78, 5) is 47.9. The number of aliphatic hydroxyl groups excluding tert-OH is 1. The van der Waals surface area contributed by atoms with E-state index in [9.17, 15) is 19.5 Å². The van der Waals surface area contributed by atoms with Gasteiger partial charge in [0.25, 0.3) is 5.91 Å². The van der Waals surface area contributed by atoms with Crippen LogP contribution in [0.1, 0.15) is 47.0 Å². The topological polar surface area (TPSA) is 90.4 Å². The summed E-state index contributed by atoms with van der Waals surface area (Å²) in [6.07, 6.45) is 5.15. The molecule has 1 spiro atoms. The minimum atomic E-state index is -0.814. The molecule has 8 nitrogen and oxygen atoms in total. The first-order chi connectivity index (χ1) is 19.7. The number of ether oxygens (including phenoxy) is 1. The van der Waals surface area contributed by atoms with Crippen molar-refractivity contribution in [3.63, 3.8) is 0 Å². The lowest BCUT2D eigenvalue weighted by Crippen LogP contribution is -2.57. The summed E-state index contributed by atoms with van der Waals surface area (Å²) in [7, 11) is 0. The van der Waals surface area contributed by atoms with Gasteiger partial charge < -0.3 is 24.5 Å². The zero-order chi connectivity index (χ0) is 29.9. The number of hydrogen-bond acceptors (Lipinski definition) is 7. The third kappa shape index (κ3) is 5.55. The minimum Gasteiger partial charge on any atom is -0.461 e. The second kappa shape index (κ2) is 13.0. The third-order valence-electron chi connectivity index (χ3n) is 8.80. The van der Waals surface area contributed by atoms with Gasteiger partial charge in [-0.15, -0.1) is 18.3 Å². The van der Waals surface area contributed by atoms with Gasteiger partial charge in [-0.25, -0.2) is 0 Å². The predicted molar refractivity (Wildman–Crippen MR) is 165 cm³/mol. The van der Waals surface area contributed by atoms with Crippen LogP contribution in [-0.2, 0) is 19.1 Å². The maximum atomic E-state index is 14.8. The van der Waals surface area contributed by atoms with Crippen molar-refractivity contribution in [2.45, 2.75) is 69.0 Å². The predicted octanol–water partition coefficient (Wildman–Crippen LogP) is 4.28. The number of anilines is 2. The van der Waals surface area contributed by atoms with Crippen molar-refractivity contribution in [1.82, 2.24) is 4.90 Å². The molecule has 0 aliphatic carbocycles. The smallest absolute Gasteiger partial charge is 0.311 e. The van der Waals surface area contributed by atoms with Gasteiger partial charge in [0.2, 0.25) is 5.91 Å². The summed E-state index contributed by atoms with van der Waals surface area (Å²) in [5.74, 6) is -1.94. The molecular formula is C32H45N3O5S. The largest absolute Gasteiger partial charge is 0.461 e. The SMILES string of the molecule is C=CCOC(=O)[C@@H]1[C@H]2C(=O)N([C@@H](CO)CC(C)C)C(C(=O)N(CC=C)c3ccc(N(CC)CC)cc3)C23CC[C@H]1S3. The van der Waals surface area contributed by atoms with Crippen molar-refractivity contribution in [3.8, 4) is 0 Å². The van der Waals surface area contributed by atoms with Crippen LogP contribution in [0.15, 0.2) is 49.6 Å². The highest BCUT2D eigenvalue weighted by Gasteiger charge is 2.74. The molecule has 3 aliphatic heterocycles. The Morgan fingerprint density at radius 1 is 1.17 bits per heavy atom. The Morgan fingerprint density at radius 3 is 2.39 bits per heavy atom. The third-order valence-corrected chi connectivity index (χ3v) is 10.8. The Balaban J connectivity index is 1.77. The van der Waals surface area contributed by atoms with Crippen LogP contribution in [0.5, 0.6) is 0 Å². The Labute approximate surface area is 248 Å². The van der Waals surface area contributed by atoms with Crippen LogP contribution in [0.2, 0.25) is 0 Å². The van der Waals surface area contributed by atoms with Crippen molar-refractivity contribution in [2.24, 2.45) is 17.8 Å². The molecule has 6 atom stereocenters. The zero-order valence-corrected chi connectivity index (χ0v) is 25.6. The summed E-state index contributed by atoms with van der Waals surface area (Å²) >= 11 is 1.60. The molecule has 1 aromatic rings. The summed E-state index contributed by atoms with van der Waals surface area (Å²) in [6, 6.07) is 6.57. The van der Waals surface area contributed by atoms with E-state index in [0.29, 0.717) is 12.8 Å². The number of benzene rings is 1. The van der Waals surface area contributed by atoms with Crippen molar-refractivity contribution in [2.75, 3.05) is 42.6 Å². The second-order valence-electron chi connectivity index (χ2n) is 11.6. The molecule has 3 saturated heterocycles. The summed E-state index contributed by atoms with van der Waals surface area (Å²) in [5.41, 5.74) is 1.80. The van der Waals surface area contributed by atoms with Crippen molar-refractivity contribution >= 4 is 40.9 Å². The fourth-order valence-corrected chi connectivity index (χ4v) is 9.31. The van der Waals surface area contributed by atoms with Crippen LogP contribution in [0.3, 0.4) is 0 Å². The number of rotatable bonds is 14. The van der Waals surface area contributed by atoms with Crippen LogP contribution >= 0.6 is 11.8 Å². The highest BCUT2D eigenvalue weighted by Crippen LogP contribution is 2.67. The molecule has 3 fully saturated rings. The first-order valence-corrected chi connectivity index (χ1v) is 15.7. The fraction of sp³-hybridized carbons (Fsp3) is 0.594. The van der Waals surface area contributed by atoms with E-state index < -0.39 is 34.6 Å². The van der Waals surface area contributed by atoms with E-state index in [0.717, 1.165) is 30.9 Å². The van der Waals surface area contributed by atoms with Gasteiger partial charge in [0.1, 0.15) is 12.6 Å². The van der Waals surface area contributed by atoms with Crippen LogP contribution in [0, 0.1) is 17.8 Å². The molecule has 3 heterocycles. The lowest BCUT2D eigenvalue weighted by Gasteiger charge is -2.40. The Kier molecular flexibility index (Phi) is 9.90. The number of nitrogens with zero attached hydrogens (tertiary/aromatic N) is 3. The molecule has 0 radical (unpaired) electrons. The average molecular weight is 584 g/mol. The molecule has 0 saturated carbocycles. The highest BCUT2D eigenvalue weighted by molar-refractivity contribution is 8.02. The molecular weight excluding hydrogens is 538 g/mol. The number of carbonyl (C=O) groups excluding carboxylic acids is 3. The van der Waals surface area contributed by atoms with E-state index >= 15 is 0 Å². The van der Waals surface area contributed by atoms with Crippen LogP contribution < -0.4 is 9.80 Å². The maximum Gasteiger partial charge on any atom is 0.311 e. The van der Waals surface area contributed by atoms with Gasteiger partial charge in [0.05, 0.1) is 29.2 Å². The minimum absolute atomic E-state index is 0.0793. The van der Waals surface area contributed by atoms with Gasteiger partial charge in [-0.2, -0.15) is 0 Å². The average Bonchev–Trinajstić information content (AvgIpc) is 3.61. The lowest BCUT2D eigenvalue weighted by molar-refractivity contribution is -0.153. The molecule has 4 rings (SSSR count). The molecule has 224 valence electrons. The fourth-order valence-electron chi connectivity index (χ4n) is 7.12. The van der Waals surface area contributed by atoms with E-state index in [1.807, 2.05) is 38.1 Å². The van der Waals surface area contributed by atoms with E-state index in [-0.39, 0.29) is 42.7 Å². The van der Waals surface area contributed by atoms with Gasteiger partial charge in [-0.05, 0) is 63.3 Å². The number of amides is 2. The number of fused-ring (bicyclic) bond motifs is 1. The monoisotopic (exact) mass is 583 g/mol. The van der Waals surface area contributed by atoms with Gasteiger partial charge in [-0.1, -0.05) is 32.6 Å². The van der Waals surface area contributed by atoms with E-state index in [1.54, 1.807) is 27.6 Å². The quantitative estimate of drug-likeness (QED) is 0.258. The number of thioether (sulfide) groups is 1. The number of carbonyl (C=O) groups is 3. The van der Waals surface area contributed by atoms with Gasteiger partial charge in [0, 0.05) is 36.3 Å². The van der Waals surface area contributed by atoms with Crippen molar-refractivity contribution in [1.29, 1.82) is 0 Å². The van der Waals surface area contributed by atoms with Crippen molar-refractivity contribution < 1.29 is 24.2 Å². The Hall–Kier alpha value is -2.78. The molecule has 0 aromatic heterocycles. The summed E-state index contributed by atoms with van der Waals surface area (Å²) in [6.45, 7) is 17.7. The number of hydrogen-bond donors (Lipinski definition) is 1. The van der Waals surface area contributed by atoms with Crippen LogP contribution in [-0.4, -0.2) is 82.7 Å². The van der Waals surface area contributed by atoms with Crippen molar-refractivity contribution in [3.05, 3.63) is 49.6 Å². The number of likely N-dealkylation sites (tertiary alicyclic amines) is 1. The van der Waals surface area contributed by atoms with E-state index in [4.69, 9.17) is 4.74 Å². The molecule has 2 bridgehead atoms. The van der Waals surface area contributed by atoms with E-state index in [2.05, 4.69) is 31.9 Å². The molecule has 1 aromatic carbocycles. The molecule has 9 heteroatoms. The molecule has 3 aliphatic rings. The standard InChI is InChI=1S/C32H45N3O5S/c1-7-17-34(23-13-11-22(12-14-23)33(9-3)10-4)30(38)28-32-16-15-25(41-32)26(31(39)40-18-8-2)27(32)29(37)35(28)24(20-36)19-21(5)6/h7-8,11-14,21,24-28,36H,1-2,9-10,15-20H2,3-6H3/t24-,25-,26+,27+,28?,32?/m1/s1. The molecule has 2 unspecified atom stereocenters. The first kappa shape index (κ1) is 31.2. The summed E-state index contributed by atoms with van der Waals surface area (Å²) < 4.78 is 4.70. The maximum absolute atomic E-state index is 14.8. The molecule has 2 amide bonds. The van der Waals surface area contributed by atoms with Gasteiger partial charge in [0.15, 0.2) is 0 Å². The Morgan fingerprint density at radius 2 is 1.83 bits per heavy atom. The molecule has 41 heavy (non-hydrogen) atoms. The Bertz CT molecular complexity index is 1140. The van der Waals surface area contributed by atoms with E-state index in [1.165, 1.54) is 6.08 Å². The summed E-state index contributed by atoms with van der Waals surface area (Å²) in [5, 5.41) is 10.4.